The van der Waals surface area contributed by atoms with Gasteiger partial charge in [-0.3, -0.25) is 4.79 Å². The molecule has 0 aliphatic carbocycles. The lowest BCUT2D eigenvalue weighted by atomic mass is 10.0. The van der Waals surface area contributed by atoms with Crippen molar-refractivity contribution in [1.29, 1.82) is 0 Å². The second kappa shape index (κ2) is 5.09. The van der Waals surface area contributed by atoms with Gasteiger partial charge in [0.1, 0.15) is 0 Å². The minimum Gasteiger partial charge on any atom is -0.393 e. The van der Waals surface area contributed by atoms with E-state index in [4.69, 9.17) is 5.11 Å². The molecule has 4 nitrogen and oxygen atoms in total. The van der Waals surface area contributed by atoms with Gasteiger partial charge in [0.05, 0.1) is 12.5 Å². The van der Waals surface area contributed by atoms with Crippen LogP contribution in [-0.2, 0) is 9.63 Å². The Hall–Kier alpha value is -0.610. The molecule has 3 N–H and O–H groups in total. The van der Waals surface area contributed by atoms with Crippen LogP contribution in [0, 0.1) is 5.92 Å². The molecule has 0 bridgehead atoms. The van der Waals surface area contributed by atoms with Crippen LogP contribution < -0.4 is 5.90 Å². The molecule has 4 heteroatoms. The molecule has 1 unspecified atom stereocenters. The summed E-state index contributed by atoms with van der Waals surface area (Å²) in [5.74, 6) is 4.39. The molecule has 0 saturated heterocycles. The van der Waals surface area contributed by atoms with Gasteiger partial charge in [-0.1, -0.05) is 13.8 Å². The van der Waals surface area contributed by atoms with Gasteiger partial charge >= 0.3 is 5.97 Å². The first-order valence-electron chi connectivity index (χ1n) is 3.64. The van der Waals surface area contributed by atoms with E-state index in [1.807, 2.05) is 13.8 Å². The topological polar surface area (TPSA) is 72.5 Å². The third-order valence-corrected chi connectivity index (χ3v) is 1.28. The van der Waals surface area contributed by atoms with E-state index in [2.05, 4.69) is 10.7 Å². The van der Waals surface area contributed by atoms with Gasteiger partial charge < -0.3 is 9.94 Å². The summed E-state index contributed by atoms with van der Waals surface area (Å²) in [4.78, 5) is 14.4. The van der Waals surface area contributed by atoms with Gasteiger partial charge in [-0.2, -0.15) is 5.90 Å². The highest BCUT2D eigenvalue weighted by atomic mass is 16.7. The van der Waals surface area contributed by atoms with Crippen molar-refractivity contribution < 1.29 is 14.7 Å². The monoisotopic (exact) mass is 161 g/mol. The van der Waals surface area contributed by atoms with Crippen LogP contribution in [0.3, 0.4) is 0 Å². The Labute approximate surface area is 66.3 Å². The molecule has 0 rings (SSSR count). The van der Waals surface area contributed by atoms with E-state index < -0.39 is 12.1 Å². The summed E-state index contributed by atoms with van der Waals surface area (Å²) >= 11 is 0. The van der Waals surface area contributed by atoms with E-state index in [-0.39, 0.29) is 6.42 Å². The van der Waals surface area contributed by atoms with Crippen molar-refractivity contribution in [2.75, 3.05) is 0 Å². The minimum atomic E-state index is -0.633. The zero-order valence-electron chi connectivity index (χ0n) is 6.91. The largest absolute Gasteiger partial charge is 0.393 e. The molecule has 0 aliphatic rings. The second-order valence-corrected chi connectivity index (χ2v) is 2.98. The van der Waals surface area contributed by atoms with Gasteiger partial charge in [-0.25, -0.2) is 0 Å². The lowest BCUT2D eigenvalue weighted by Crippen LogP contribution is -2.19. The molecule has 0 aliphatic heterocycles. The molecule has 0 amide bonds. The Bertz CT molecular complexity index is 125. The Morgan fingerprint density at radius 2 is 2.18 bits per heavy atom. The van der Waals surface area contributed by atoms with Crippen molar-refractivity contribution in [1.82, 2.24) is 0 Å². The molecule has 0 aromatic rings. The van der Waals surface area contributed by atoms with Gasteiger partial charge in [0.25, 0.3) is 0 Å². The number of hydrogen-bond donors (Lipinski definition) is 2. The number of aliphatic hydroxyl groups is 1. The number of carbonyl (C=O) groups excluding carboxylic acids is 1. The summed E-state index contributed by atoms with van der Waals surface area (Å²) in [6.07, 6.45) is -0.0601. The summed E-state index contributed by atoms with van der Waals surface area (Å²) in [5, 5.41) is 9.16. The van der Waals surface area contributed by atoms with E-state index in [0.29, 0.717) is 12.3 Å². The molecular weight excluding hydrogens is 146 g/mol. The van der Waals surface area contributed by atoms with Crippen LogP contribution in [0.25, 0.3) is 0 Å². The standard InChI is InChI=1S/C7H15NO3/c1-5(2)3-6(9)4-7(10)11-8/h5-6,9H,3-4,8H2,1-2H3. The molecule has 0 radical (unpaired) electrons. The fourth-order valence-corrected chi connectivity index (χ4v) is 0.868. The molecule has 1 atom stereocenters. The van der Waals surface area contributed by atoms with Crippen molar-refractivity contribution in [3.8, 4) is 0 Å². The minimum absolute atomic E-state index is 0.0192. The maximum Gasteiger partial charge on any atom is 0.327 e. The van der Waals surface area contributed by atoms with Gasteiger partial charge in [0, 0.05) is 0 Å². The summed E-state index contributed by atoms with van der Waals surface area (Å²) in [5.41, 5.74) is 0. The quantitative estimate of drug-likeness (QED) is 0.578. The average Bonchev–Trinajstić information content (AvgIpc) is 1.85. The lowest BCUT2D eigenvalue weighted by molar-refractivity contribution is -0.146. The number of hydrogen-bond acceptors (Lipinski definition) is 4. The highest BCUT2D eigenvalue weighted by Crippen LogP contribution is 2.07. The maximum atomic E-state index is 10.5. The van der Waals surface area contributed by atoms with Gasteiger partial charge in [0.2, 0.25) is 0 Å². The van der Waals surface area contributed by atoms with Crippen LogP contribution in [0.2, 0.25) is 0 Å². The number of rotatable bonds is 4. The van der Waals surface area contributed by atoms with Crippen molar-refractivity contribution >= 4 is 5.97 Å². The predicted octanol–water partition coefficient (Wildman–Crippen LogP) is 0.200. The fourth-order valence-electron chi connectivity index (χ4n) is 0.868. The highest BCUT2D eigenvalue weighted by Gasteiger charge is 2.12. The third-order valence-electron chi connectivity index (χ3n) is 1.28. The second-order valence-electron chi connectivity index (χ2n) is 2.98. The first-order chi connectivity index (χ1) is 5.06. The maximum absolute atomic E-state index is 10.5. The summed E-state index contributed by atoms with van der Waals surface area (Å²) in [6, 6.07) is 0. The molecule has 0 heterocycles. The Kier molecular flexibility index (Phi) is 4.81. The van der Waals surface area contributed by atoms with E-state index in [9.17, 15) is 4.79 Å². The fraction of sp³-hybridized carbons (Fsp3) is 0.857. The predicted molar refractivity (Wildman–Crippen MR) is 40.4 cm³/mol. The SMILES string of the molecule is CC(C)CC(O)CC(=O)ON. The molecule has 0 saturated carbocycles. The van der Waals surface area contributed by atoms with Crippen LogP contribution in [0.5, 0.6) is 0 Å². The van der Waals surface area contributed by atoms with Crippen molar-refractivity contribution in [2.45, 2.75) is 32.8 Å². The molecule has 11 heavy (non-hydrogen) atoms. The highest BCUT2D eigenvalue weighted by molar-refractivity contribution is 5.69. The lowest BCUT2D eigenvalue weighted by Gasteiger charge is -2.10. The Balaban J connectivity index is 3.51. The number of aliphatic hydroxyl groups excluding tert-OH is 1. The van der Waals surface area contributed by atoms with Crippen LogP contribution in [0.4, 0.5) is 0 Å². The summed E-state index contributed by atoms with van der Waals surface area (Å²) in [6.45, 7) is 3.94. The van der Waals surface area contributed by atoms with E-state index >= 15 is 0 Å². The van der Waals surface area contributed by atoms with E-state index in [1.54, 1.807) is 0 Å². The molecule has 0 fully saturated rings. The third kappa shape index (κ3) is 5.82. The first-order valence-corrected chi connectivity index (χ1v) is 3.64. The van der Waals surface area contributed by atoms with Gasteiger partial charge in [-0.05, 0) is 12.3 Å². The molecule has 66 valence electrons. The summed E-state index contributed by atoms with van der Waals surface area (Å²) < 4.78 is 0. The van der Waals surface area contributed by atoms with Gasteiger partial charge in [0.15, 0.2) is 0 Å². The van der Waals surface area contributed by atoms with Crippen LogP contribution in [0.15, 0.2) is 0 Å². The number of carbonyl (C=O) groups is 1. The summed E-state index contributed by atoms with van der Waals surface area (Å²) in [7, 11) is 0. The molecule has 0 aromatic carbocycles. The molecular formula is C7H15NO3. The Morgan fingerprint density at radius 1 is 1.64 bits per heavy atom. The first kappa shape index (κ1) is 10.4. The van der Waals surface area contributed by atoms with Crippen molar-refractivity contribution in [3.05, 3.63) is 0 Å². The number of nitrogens with two attached hydrogens (primary N) is 1. The zero-order chi connectivity index (χ0) is 8.85. The molecule has 0 spiro atoms. The zero-order valence-corrected chi connectivity index (χ0v) is 6.91. The van der Waals surface area contributed by atoms with Crippen molar-refractivity contribution in [2.24, 2.45) is 11.8 Å². The normalized spacial score (nSPS) is 13.2. The van der Waals surface area contributed by atoms with Crippen molar-refractivity contribution in [3.63, 3.8) is 0 Å². The van der Waals surface area contributed by atoms with E-state index in [1.165, 1.54) is 0 Å². The molecule has 0 aromatic heterocycles. The smallest absolute Gasteiger partial charge is 0.327 e. The Morgan fingerprint density at radius 3 is 2.55 bits per heavy atom. The van der Waals surface area contributed by atoms with Gasteiger partial charge in [-0.15, -0.1) is 0 Å². The van der Waals surface area contributed by atoms with Crippen LogP contribution in [0.1, 0.15) is 26.7 Å². The van der Waals surface area contributed by atoms with Crippen LogP contribution in [-0.4, -0.2) is 17.2 Å². The van der Waals surface area contributed by atoms with E-state index in [0.717, 1.165) is 0 Å². The average molecular weight is 161 g/mol. The van der Waals surface area contributed by atoms with Crippen LogP contribution >= 0.6 is 0 Å².